The zero-order chi connectivity index (χ0) is 13.7. The largest absolute Gasteiger partial charge is 0.289 e. The summed E-state index contributed by atoms with van der Waals surface area (Å²) in [4.78, 5) is 23.1. The number of benzene rings is 2. The number of ketones is 1. The molecule has 0 unspecified atom stereocenters. The third-order valence-corrected chi connectivity index (χ3v) is 3.39. The van der Waals surface area contributed by atoms with Crippen molar-refractivity contribution in [2.24, 2.45) is 0 Å². The predicted octanol–water partition coefficient (Wildman–Crippen LogP) is 3.42. The number of aryl methyl sites for hydroxylation is 2. The van der Waals surface area contributed by atoms with Crippen LogP contribution in [-0.4, -0.2) is 10.7 Å². The van der Waals surface area contributed by atoms with Crippen molar-refractivity contribution >= 4 is 11.5 Å². The van der Waals surface area contributed by atoms with E-state index < -0.39 is 4.92 Å². The molecule has 4 heteroatoms. The molecule has 94 valence electrons. The second-order valence-electron chi connectivity index (χ2n) is 4.84. The smallest absolute Gasteiger partial charge is 0.278 e. The lowest BCUT2D eigenvalue weighted by Crippen LogP contribution is -1.97. The fourth-order valence-electron chi connectivity index (χ4n) is 2.58. The summed E-state index contributed by atoms with van der Waals surface area (Å²) in [7, 11) is 0. The number of nitrogens with zero attached hydrogens (tertiary/aromatic N) is 1. The Balaban J connectivity index is 2.41. The van der Waals surface area contributed by atoms with Crippen LogP contribution in [0.25, 0.3) is 11.1 Å². The summed E-state index contributed by atoms with van der Waals surface area (Å²) in [5.74, 6) is -0.125. The number of rotatable bonds is 1. The minimum atomic E-state index is -0.423. The van der Waals surface area contributed by atoms with Crippen molar-refractivity contribution in [3.8, 4) is 11.1 Å². The molecule has 0 aliphatic heterocycles. The van der Waals surface area contributed by atoms with Crippen LogP contribution in [-0.2, 0) is 0 Å². The van der Waals surface area contributed by atoms with Crippen molar-refractivity contribution in [2.75, 3.05) is 0 Å². The number of hydrogen-bond acceptors (Lipinski definition) is 3. The average Bonchev–Trinajstić information content (AvgIpc) is 2.62. The van der Waals surface area contributed by atoms with Crippen LogP contribution < -0.4 is 0 Å². The first-order valence-electron chi connectivity index (χ1n) is 5.94. The molecule has 0 spiro atoms. The van der Waals surface area contributed by atoms with E-state index in [4.69, 9.17) is 0 Å². The van der Waals surface area contributed by atoms with Gasteiger partial charge in [-0.2, -0.15) is 0 Å². The quantitative estimate of drug-likeness (QED) is 0.493. The number of hydrogen-bond donors (Lipinski definition) is 0. The van der Waals surface area contributed by atoms with Gasteiger partial charge in [-0.05, 0) is 31.5 Å². The molecule has 0 amide bonds. The Labute approximate surface area is 109 Å². The first-order chi connectivity index (χ1) is 8.99. The molecule has 4 nitrogen and oxygen atoms in total. The SMILES string of the molecule is Cc1ccc2c(c1)C(=O)c1cc(C)cc([N+](=O)[O-])c1-2. The molecule has 0 heterocycles. The molecule has 0 N–H and O–H groups in total. The van der Waals surface area contributed by atoms with Gasteiger partial charge in [-0.1, -0.05) is 17.7 Å². The van der Waals surface area contributed by atoms with Gasteiger partial charge in [-0.15, -0.1) is 0 Å². The molecule has 1 aliphatic rings. The van der Waals surface area contributed by atoms with Crippen LogP contribution in [0.4, 0.5) is 5.69 Å². The molecule has 0 aromatic heterocycles. The molecule has 2 aromatic carbocycles. The Kier molecular flexibility index (Phi) is 2.29. The highest BCUT2D eigenvalue weighted by Crippen LogP contribution is 2.43. The molecule has 0 bridgehead atoms. The predicted molar refractivity (Wildman–Crippen MR) is 71.4 cm³/mol. The summed E-state index contributed by atoms with van der Waals surface area (Å²) in [5.41, 5.74) is 3.82. The minimum Gasteiger partial charge on any atom is -0.289 e. The van der Waals surface area contributed by atoms with E-state index in [2.05, 4.69) is 0 Å². The lowest BCUT2D eigenvalue weighted by atomic mass is 10.0. The van der Waals surface area contributed by atoms with Crippen molar-refractivity contribution in [1.82, 2.24) is 0 Å². The zero-order valence-corrected chi connectivity index (χ0v) is 10.6. The number of carbonyl (C=O) groups is 1. The van der Waals surface area contributed by atoms with E-state index >= 15 is 0 Å². The lowest BCUT2D eigenvalue weighted by Gasteiger charge is -2.03. The maximum atomic E-state index is 12.3. The van der Waals surface area contributed by atoms with Gasteiger partial charge in [-0.25, -0.2) is 0 Å². The van der Waals surface area contributed by atoms with Gasteiger partial charge in [-0.3, -0.25) is 14.9 Å². The standard InChI is InChI=1S/C15H11NO3/c1-8-3-4-10-11(5-8)15(17)12-6-9(2)7-13(14(10)12)16(18)19/h3-7H,1-2H3. The summed E-state index contributed by atoms with van der Waals surface area (Å²) in [5, 5.41) is 11.2. The second-order valence-corrected chi connectivity index (χ2v) is 4.84. The summed E-state index contributed by atoms with van der Waals surface area (Å²) < 4.78 is 0. The van der Waals surface area contributed by atoms with Crippen LogP contribution in [0.2, 0.25) is 0 Å². The van der Waals surface area contributed by atoms with E-state index in [9.17, 15) is 14.9 Å². The van der Waals surface area contributed by atoms with E-state index in [-0.39, 0.29) is 11.5 Å². The maximum absolute atomic E-state index is 12.3. The molecular formula is C15H11NO3. The minimum absolute atomic E-state index is 0.00551. The van der Waals surface area contributed by atoms with E-state index in [1.807, 2.05) is 13.0 Å². The van der Waals surface area contributed by atoms with Crippen molar-refractivity contribution in [1.29, 1.82) is 0 Å². The molecule has 0 saturated carbocycles. The monoisotopic (exact) mass is 253 g/mol. The van der Waals surface area contributed by atoms with Gasteiger partial charge < -0.3 is 0 Å². The molecule has 0 atom stereocenters. The summed E-state index contributed by atoms with van der Waals surface area (Å²) in [6.07, 6.45) is 0. The fourth-order valence-corrected chi connectivity index (χ4v) is 2.58. The van der Waals surface area contributed by atoms with E-state index in [0.717, 1.165) is 11.1 Å². The van der Waals surface area contributed by atoms with E-state index in [1.165, 1.54) is 6.07 Å². The second kappa shape index (κ2) is 3.75. The average molecular weight is 253 g/mol. The first-order valence-corrected chi connectivity index (χ1v) is 5.94. The molecule has 1 aliphatic carbocycles. The summed E-state index contributed by atoms with van der Waals surface area (Å²) >= 11 is 0. The molecule has 0 radical (unpaired) electrons. The Hall–Kier alpha value is -2.49. The Morgan fingerprint density at radius 3 is 2.32 bits per heavy atom. The van der Waals surface area contributed by atoms with Gasteiger partial charge in [0.25, 0.3) is 5.69 Å². The van der Waals surface area contributed by atoms with Crippen LogP contribution in [0, 0.1) is 24.0 Å². The van der Waals surface area contributed by atoms with Crippen molar-refractivity contribution in [2.45, 2.75) is 13.8 Å². The molecule has 3 rings (SSSR count). The van der Waals surface area contributed by atoms with Crippen LogP contribution in [0.3, 0.4) is 0 Å². The zero-order valence-electron chi connectivity index (χ0n) is 10.6. The molecule has 0 saturated heterocycles. The fraction of sp³-hybridized carbons (Fsp3) is 0.133. The normalized spacial score (nSPS) is 12.2. The van der Waals surface area contributed by atoms with Crippen LogP contribution in [0.1, 0.15) is 27.0 Å². The van der Waals surface area contributed by atoms with Crippen LogP contribution in [0.15, 0.2) is 30.3 Å². The van der Waals surface area contributed by atoms with Gasteiger partial charge in [0.2, 0.25) is 0 Å². The Morgan fingerprint density at radius 2 is 1.63 bits per heavy atom. The van der Waals surface area contributed by atoms with Crippen molar-refractivity contribution < 1.29 is 9.72 Å². The topological polar surface area (TPSA) is 60.2 Å². The molecule has 0 fully saturated rings. The Bertz CT molecular complexity index is 747. The summed E-state index contributed by atoms with van der Waals surface area (Å²) in [6.45, 7) is 3.66. The number of nitro groups is 1. The van der Waals surface area contributed by atoms with Crippen LogP contribution >= 0.6 is 0 Å². The van der Waals surface area contributed by atoms with Crippen molar-refractivity contribution in [3.63, 3.8) is 0 Å². The van der Waals surface area contributed by atoms with E-state index in [1.54, 1.807) is 25.1 Å². The summed E-state index contributed by atoms with van der Waals surface area (Å²) in [6, 6.07) is 8.68. The third kappa shape index (κ3) is 1.57. The van der Waals surface area contributed by atoms with Gasteiger partial charge in [0, 0.05) is 22.8 Å². The highest BCUT2D eigenvalue weighted by Gasteiger charge is 2.33. The van der Waals surface area contributed by atoms with E-state index in [0.29, 0.717) is 22.3 Å². The highest BCUT2D eigenvalue weighted by atomic mass is 16.6. The number of fused-ring (bicyclic) bond motifs is 3. The third-order valence-electron chi connectivity index (χ3n) is 3.39. The van der Waals surface area contributed by atoms with Gasteiger partial charge in [0.15, 0.2) is 5.78 Å². The Morgan fingerprint density at radius 1 is 0.947 bits per heavy atom. The van der Waals surface area contributed by atoms with Crippen LogP contribution in [0.5, 0.6) is 0 Å². The highest BCUT2D eigenvalue weighted by molar-refractivity contribution is 6.23. The van der Waals surface area contributed by atoms with Gasteiger partial charge >= 0.3 is 0 Å². The number of carbonyl (C=O) groups excluding carboxylic acids is 1. The maximum Gasteiger partial charge on any atom is 0.278 e. The van der Waals surface area contributed by atoms with Gasteiger partial charge in [0.05, 0.1) is 10.5 Å². The van der Waals surface area contributed by atoms with Gasteiger partial charge in [0.1, 0.15) is 0 Å². The number of nitro benzene ring substituents is 1. The molecular weight excluding hydrogens is 242 g/mol. The first kappa shape index (κ1) is 11.6. The van der Waals surface area contributed by atoms with Crippen molar-refractivity contribution in [3.05, 3.63) is 62.7 Å². The molecule has 19 heavy (non-hydrogen) atoms. The molecule has 2 aromatic rings. The lowest BCUT2D eigenvalue weighted by molar-refractivity contribution is -0.384.